The van der Waals surface area contributed by atoms with Gasteiger partial charge in [-0.05, 0) is 18.9 Å². The molecule has 2 rings (SSSR count). The van der Waals surface area contributed by atoms with E-state index in [-0.39, 0.29) is 19.5 Å². The first kappa shape index (κ1) is 15.5. The zero-order valence-corrected chi connectivity index (χ0v) is 11.8. The fourth-order valence-electron chi connectivity index (χ4n) is 3.05. The number of carboxylic acids is 2. The highest BCUT2D eigenvalue weighted by molar-refractivity contribution is 5.86. The van der Waals surface area contributed by atoms with Crippen molar-refractivity contribution < 1.29 is 24.9 Å². The second-order valence-corrected chi connectivity index (χ2v) is 5.74. The summed E-state index contributed by atoms with van der Waals surface area (Å²) in [5.74, 6) is -2.38. The van der Waals surface area contributed by atoms with Crippen molar-refractivity contribution in [2.75, 3.05) is 6.54 Å². The van der Waals surface area contributed by atoms with Crippen LogP contribution in [-0.2, 0) is 16.1 Å². The third-order valence-electron chi connectivity index (χ3n) is 4.02. The highest BCUT2D eigenvalue weighted by Crippen LogP contribution is 2.37. The summed E-state index contributed by atoms with van der Waals surface area (Å²) >= 11 is 0. The van der Waals surface area contributed by atoms with Crippen LogP contribution >= 0.6 is 0 Å². The van der Waals surface area contributed by atoms with Crippen molar-refractivity contribution in [1.82, 2.24) is 4.90 Å². The van der Waals surface area contributed by atoms with Crippen molar-refractivity contribution in [3.63, 3.8) is 0 Å². The Bertz CT molecular complexity index is 532. The molecule has 1 heterocycles. The number of hydrogen-bond donors (Lipinski definition) is 3. The van der Waals surface area contributed by atoms with Gasteiger partial charge in [0.05, 0.1) is 11.5 Å². The van der Waals surface area contributed by atoms with Crippen LogP contribution in [0.4, 0.5) is 0 Å². The molecule has 1 aromatic carbocycles. The molecule has 1 aliphatic rings. The van der Waals surface area contributed by atoms with Gasteiger partial charge in [-0.2, -0.15) is 0 Å². The van der Waals surface area contributed by atoms with Gasteiger partial charge in [0.25, 0.3) is 0 Å². The molecule has 114 valence electrons. The van der Waals surface area contributed by atoms with E-state index < -0.39 is 29.5 Å². The van der Waals surface area contributed by atoms with Gasteiger partial charge in [0.1, 0.15) is 6.04 Å². The maximum Gasteiger partial charge on any atom is 0.322 e. The van der Waals surface area contributed by atoms with Crippen LogP contribution in [-0.4, -0.2) is 50.8 Å². The zero-order chi connectivity index (χ0) is 15.6. The minimum atomic E-state index is -1.52. The van der Waals surface area contributed by atoms with Gasteiger partial charge in [0.15, 0.2) is 0 Å². The summed E-state index contributed by atoms with van der Waals surface area (Å²) in [5, 5.41) is 28.8. The molecule has 1 saturated heterocycles. The predicted octanol–water partition coefficient (Wildman–Crippen LogP) is 0.797. The van der Waals surface area contributed by atoms with Crippen molar-refractivity contribution in [2.45, 2.75) is 32.0 Å². The third-order valence-corrected chi connectivity index (χ3v) is 4.02. The van der Waals surface area contributed by atoms with E-state index in [1.165, 1.54) is 11.8 Å². The van der Waals surface area contributed by atoms with Crippen LogP contribution in [0.15, 0.2) is 30.3 Å². The summed E-state index contributed by atoms with van der Waals surface area (Å²) in [5.41, 5.74) is -0.635. The maximum atomic E-state index is 11.6. The summed E-state index contributed by atoms with van der Waals surface area (Å²) in [6.45, 7) is 1.82. The van der Waals surface area contributed by atoms with E-state index in [1.807, 2.05) is 30.3 Å². The second-order valence-electron chi connectivity index (χ2n) is 5.74. The minimum Gasteiger partial charge on any atom is -0.481 e. The maximum absolute atomic E-state index is 11.6. The molecular weight excluding hydrogens is 274 g/mol. The average Bonchev–Trinajstić information content (AvgIpc) is 2.38. The van der Waals surface area contributed by atoms with E-state index >= 15 is 0 Å². The van der Waals surface area contributed by atoms with E-state index in [1.54, 1.807) is 0 Å². The third kappa shape index (κ3) is 3.06. The number of piperidine rings is 1. The highest BCUT2D eigenvalue weighted by atomic mass is 16.4. The monoisotopic (exact) mass is 293 g/mol. The van der Waals surface area contributed by atoms with Gasteiger partial charge in [-0.15, -0.1) is 0 Å². The molecule has 0 aromatic heterocycles. The number of carbonyl (C=O) groups is 2. The van der Waals surface area contributed by atoms with E-state index in [4.69, 9.17) is 0 Å². The molecule has 6 nitrogen and oxygen atoms in total. The van der Waals surface area contributed by atoms with Gasteiger partial charge < -0.3 is 15.3 Å². The van der Waals surface area contributed by atoms with Crippen LogP contribution in [0.5, 0.6) is 0 Å². The van der Waals surface area contributed by atoms with Gasteiger partial charge in [-0.25, -0.2) is 0 Å². The molecule has 0 unspecified atom stereocenters. The van der Waals surface area contributed by atoms with Crippen LogP contribution in [0.1, 0.15) is 18.9 Å². The van der Waals surface area contributed by atoms with Crippen LogP contribution in [0.2, 0.25) is 0 Å². The Kier molecular flexibility index (Phi) is 4.29. The molecule has 1 aliphatic heterocycles. The lowest BCUT2D eigenvalue weighted by atomic mass is 9.73. The number of aliphatic hydroxyl groups excluding tert-OH is 1. The summed E-state index contributed by atoms with van der Waals surface area (Å²) in [6.07, 6.45) is -0.921. The Labute approximate surface area is 122 Å². The summed E-state index contributed by atoms with van der Waals surface area (Å²) in [6, 6.07) is 8.04. The topological polar surface area (TPSA) is 98.1 Å². The Hall–Kier alpha value is -1.92. The second kappa shape index (κ2) is 5.83. The molecule has 0 radical (unpaired) electrons. The predicted molar refractivity (Wildman–Crippen MR) is 74.6 cm³/mol. The van der Waals surface area contributed by atoms with Crippen LogP contribution < -0.4 is 0 Å². The number of carboxylic acid groups (broad SMARTS) is 2. The van der Waals surface area contributed by atoms with Gasteiger partial charge in [-0.3, -0.25) is 14.5 Å². The molecule has 6 heteroatoms. The fourth-order valence-corrected chi connectivity index (χ4v) is 3.05. The number of likely N-dealkylation sites (tertiary alicyclic amines) is 1. The number of rotatable bonds is 4. The number of benzene rings is 1. The Morgan fingerprint density at radius 2 is 1.90 bits per heavy atom. The lowest BCUT2D eigenvalue weighted by molar-refractivity contribution is -0.173. The van der Waals surface area contributed by atoms with Crippen molar-refractivity contribution in [3.05, 3.63) is 35.9 Å². The van der Waals surface area contributed by atoms with Crippen LogP contribution in [0.3, 0.4) is 0 Å². The lowest BCUT2D eigenvalue weighted by Crippen LogP contribution is -2.61. The largest absolute Gasteiger partial charge is 0.481 e. The molecule has 3 atom stereocenters. The van der Waals surface area contributed by atoms with E-state index in [9.17, 15) is 24.9 Å². The van der Waals surface area contributed by atoms with Gasteiger partial charge in [-0.1, -0.05) is 30.3 Å². The van der Waals surface area contributed by atoms with Crippen molar-refractivity contribution in [1.29, 1.82) is 0 Å². The quantitative estimate of drug-likeness (QED) is 0.759. The first-order valence-corrected chi connectivity index (χ1v) is 6.77. The van der Waals surface area contributed by atoms with Crippen LogP contribution in [0.25, 0.3) is 0 Å². The first-order chi connectivity index (χ1) is 9.84. The molecule has 0 bridgehead atoms. The van der Waals surface area contributed by atoms with Gasteiger partial charge in [0, 0.05) is 13.1 Å². The molecule has 0 amide bonds. The summed E-state index contributed by atoms with van der Waals surface area (Å²) in [4.78, 5) is 24.7. The number of hydrogen-bond acceptors (Lipinski definition) is 4. The summed E-state index contributed by atoms with van der Waals surface area (Å²) < 4.78 is 0. The Morgan fingerprint density at radius 3 is 2.43 bits per heavy atom. The average molecular weight is 293 g/mol. The number of aliphatic hydroxyl groups is 1. The van der Waals surface area contributed by atoms with Gasteiger partial charge in [0.2, 0.25) is 0 Å². The fraction of sp³-hybridized carbons (Fsp3) is 0.467. The molecule has 1 aromatic rings. The summed E-state index contributed by atoms with van der Waals surface area (Å²) in [7, 11) is 0. The van der Waals surface area contributed by atoms with Crippen molar-refractivity contribution in [2.24, 2.45) is 5.41 Å². The SMILES string of the molecule is C[C@]1(C(=O)O)C[C@H](O)CN(Cc2ccccc2)[C@@H]1C(=O)O. The number of β-amino-alcohol motifs (C(OH)–C–C–N with tert-alkyl or cyclic N) is 1. The minimum absolute atomic E-state index is 0.0649. The Morgan fingerprint density at radius 1 is 1.29 bits per heavy atom. The molecule has 0 spiro atoms. The number of nitrogens with zero attached hydrogens (tertiary/aromatic N) is 1. The molecular formula is C15H19NO5. The van der Waals surface area contributed by atoms with Crippen molar-refractivity contribution >= 4 is 11.9 Å². The molecule has 21 heavy (non-hydrogen) atoms. The highest BCUT2D eigenvalue weighted by Gasteiger charge is 2.53. The molecule has 0 saturated carbocycles. The first-order valence-electron chi connectivity index (χ1n) is 6.77. The van der Waals surface area contributed by atoms with E-state index in [0.29, 0.717) is 0 Å². The Balaban J connectivity index is 2.33. The van der Waals surface area contributed by atoms with E-state index in [2.05, 4.69) is 0 Å². The zero-order valence-electron chi connectivity index (χ0n) is 11.8. The molecule has 1 fully saturated rings. The standard InChI is InChI=1S/C15H19NO5/c1-15(14(20)21)7-11(17)9-16(12(15)13(18)19)8-10-5-3-2-4-6-10/h2-6,11-12,17H,7-9H2,1H3,(H,18,19)(H,20,21)/t11-,12+,15-/m0/s1. The van der Waals surface area contributed by atoms with E-state index in [0.717, 1.165) is 5.56 Å². The lowest BCUT2D eigenvalue weighted by Gasteiger charge is -2.45. The van der Waals surface area contributed by atoms with Crippen molar-refractivity contribution in [3.8, 4) is 0 Å². The molecule has 0 aliphatic carbocycles. The van der Waals surface area contributed by atoms with Crippen LogP contribution in [0, 0.1) is 5.41 Å². The van der Waals surface area contributed by atoms with Gasteiger partial charge >= 0.3 is 11.9 Å². The smallest absolute Gasteiger partial charge is 0.322 e. The normalized spacial score (nSPS) is 30.0. The molecule has 3 N–H and O–H groups in total. The number of aliphatic carboxylic acids is 2.